The zero-order valence-electron chi connectivity index (χ0n) is 16.1. The lowest BCUT2D eigenvalue weighted by molar-refractivity contribution is -0.137. The van der Waals surface area contributed by atoms with Crippen LogP contribution in [-0.2, 0) is 9.59 Å². The lowest BCUT2D eigenvalue weighted by atomic mass is 9.88. The molecule has 2 amide bonds. The van der Waals surface area contributed by atoms with Gasteiger partial charge in [-0.05, 0) is 52.6 Å². The van der Waals surface area contributed by atoms with Crippen molar-refractivity contribution in [2.24, 2.45) is 11.8 Å². The number of nitrogens with zero attached hydrogens (tertiary/aromatic N) is 2. The average molecular weight is 350 g/mol. The van der Waals surface area contributed by atoms with Crippen LogP contribution in [0, 0.1) is 11.8 Å². The van der Waals surface area contributed by atoms with Crippen molar-refractivity contribution in [2.45, 2.75) is 69.7 Å². The predicted molar refractivity (Wildman–Crippen MR) is 99.2 cm³/mol. The smallest absolute Gasteiger partial charge is 0.225 e. The maximum atomic E-state index is 12.8. The number of hydrogen-bond donors (Lipinski definition) is 1. The first-order chi connectivity index (χ1) is 12.0. The van der Waals surface area contributed by atoms with Crippen LogP contribution in [-0.4, -0.2) is 60.9 Å². The van der Waals surface area contributed by atoms with Crippen LogP contribution in [0.3, 0.4) is 0 Å². The van der Waals surface area contributed by atoms with E-state index in [1.807, 2.05) is 4.90 Å². The topological polar surface area (TPSA) is 52.7 Å². The number of carbonyl (C=O) groups excluding carboxylic acids is 2. The highest BCUT2D eigenvalue weighted by Gasteiger charge is 2.38. The quantitative estimate of drug-likeness (QED) is 0.776. The summed E-state index contributed by atoms with van der Waals surface area (Å²) in [4.78, 5) is 29.3. The molecule has 1 saturated heterocycles. The van der Waals surface area contributed by atoms with Crippen molar-refractivity contribution in [3.63, 3.8) is 0 Å². The molecule has 0 radical (unpaired) electrons. The van der Waals surface area contributed by atoms with Crippen molar-refractivity contribution in [1.29, 1.82) is 0 Å². The molecule has 3 fully saturated rings. The van der Waals surface area contributed by atoms with Crippen LogP contribution >= 0.6 is 0 Å². The second-order valence-corrected chi connectivity index (χ2v) is 8.65. The van der Waals surface area contributed by atoms with Crippen molar-refractivity contribution in [3.8, 4) is 0 Å². The van der Waals surface area contributed by atoms with E-state index in [1.54, 1.807) is 0 Å². The molecule has 1 N–H and O–H groups in total. The highest BCUT2D eigenvalue weighted by molar-refractivity contribution is 5.83. The largest absolute Gasteiger partial charge is 0.354 e. The van der Waals surface area contributed by atoms with Gasteiger partial charge in [0.1, 0.15) is 0 Å². The van der Waals surface area contributed by atoms with Crippen molar-refractivity contribution in [2.75, 3.05) is 33.7 Å². The fourth-order valence-electron chi connectivity index (χ4n) is 4.54. The van der Waals surface area contributed by atoms with Crippen LogP contribution < -0.4 is 5.32 Å². The molecular formula is C20H35N3O2. The van der Waals surface area contributed by atoms with Crippen LogP contribution in [0.5, 0.6) is 0 Å². The lowest BCUT2D eigenvalue weighted by Crippen LogP contribution is -2.54. The number of likely N-dealkylation sites (tertiary alicyclic amines) is 1. The summed E-state index contributed by atoms with van der Waals surface area (Å²) in [6.45, 7) is 2.20. The van der Waals surface area contributed by atoms with E-state index in [0.29, 0.717) is 6.54 Å². The zero-order valence-corrected chi connectivity index (χ0v) is 16.1. The summed E-state index contributed by atoms with van der Waals surface area (Å²) in [6, 6.07) is 0. The number of amides is 2. The van der Waals surface area contributed by atoms with Gasteiger partial charge >= 0.3 is 0 Å². The van der Waals surface area contributed by atoms with Crippen molar-refractivity contribution in [1.82, 2.24) is 15.1 Å². The molecule has 1 atom stereocenters. The van der Waals surface area contributed by atoms with Crippen LogP contribution in [0.2, 0.25) is 0 Å². The molecule has 25 heavy (non-hydrogen) atoms. The number of piperidine rings is 1. The SMILES string of the molecule is CN(C)C1(CNC(=O)C2CCCN(C(=O)C3CC3)C2)CCCCCC1. The minimum absolute atomic E-state index is 0.0264. The Bertz CT molecular complexity index is 479. The van der Waals surface area contributed by atoms with Gasteiger partial charge in [-0.25, -0.2) is 0 Å². The van der Waals surface area contributed by atoms with Gasteiger partial charge in [-0.2, -0.15) is 0 Å². The van der Waals surface area contributed by atoms with E-state index in [0.717, 1.165) is 51.6 Å². The Balaban J connectivity index is 1.54. The predicted octanol–water partition coefficient (Wildman–Crippen LogP) is 2.41. The van der Waals surface area contributed by atoms with Crippen LogP contribution in [0.4, 0.5) is 0 Å². The maximum Gasteiger partial charge on any atom is 0.225 e. The first kappa shape index (κ1) is 18.7. The van der Waals surface area contributed by atoms with Crippen LogP contribution in [0.15, 0.2) is 0 Å². The monoisotopic (exact) mass is 349 g/mol. The molecule has 0 aromatic rings. The van der Waals surface area contributed by atoms with Crippen molar-refractivity contribution < 1.29 is 9.59 Å². The Morgan fingerprint density at radius 3 is 2.28 bits per heavy atom. The van der Waals surface area contributed by atoms with E-state index >= 15 is 0 Å². The standard InChI is InChI=1S/C20H35N3O2/c1-22(2)20(11-5-3-4-6-12-20)15-21-18(24)17-8-7-13-23(14-17)19(25)16-9-10-16/h16-17H,3-15H2,1-2H3,(H,21,24). The normalized spacial score (nSPS) is 27.0. The van der Waals surface area contributed by atoms with Crippen molar-refractivity contribution >= 4 is 11.8 Å². The van der Waals surface area contributed by atoms with Gasteiger partial charge in [0.05, 0.1) is 5.92 Å². The highest BCUT2D eigenvalue weighted by atomic mass is 16.2. The van der Waals surface area contributed by atoms with Crippen LogP contribution in [0.25, 0.3) is 0 Å². The van der Waals surface area contributed by atoms with E-state index in [9.17, 15) is 9.59 Å². The molecule has 3 rings (SSSR count). The van der Waals surface area contributed by atoms with E-state index < -0.39 is 0 Å². The summed E-state index contributed by atoms with van der Waals surface area (Å²) in [5.74, 6) is 0.663. The molecule has 3 aliphatic rings. The molecule has 1 heterocycles. The number of carbonyl (C=O) groups is 2. The minimum atomic E-state index is -0.0264. The van der Waals surface area contributed by atoms with Gasteiger partial charge in [0.2, 0.25) is 11.8 Å². The third-order valence-electron chi connectivity index (χ3n) is 6.61. The fraction of sp³-hybridized carbons (Fsp3) is 0.900. The molecule has 0 aromatic heterocycles. The third kappa shape index (κ3) is 4.55. The van der Waals surface area contributed by atoms with Gasteiger partial charge in [-0.3, -0.25) is 9.59 Å². The van der Waals surface area contributed by atoms with Gasteiger partial charge in [0.25, 0.3) is 0 Å². The Morgan fingerprint density at radius 1 is 1.00 bits per heavy atom. The summed E-state index contributed by atoms with van der Waals surface area (Å²) in [6.07, 6.45) is 11.4. The molecule has 5 nitrogen and oxygen atoms in total. The maximum absolute atomic E-state index is 12.8. The first-order valence-electron chi connectivity index (χ1n) is 10.3. The Morgan fingerprint density at radius 2 is 1.68 bits per heavy atom. The molecular weight excluding hydrogens is 314 g/mol. The number of rotatable bonds is 5. The number of likely N-dealkylation sites (N-methyl/N-ethyl adjacent to an activating group) is 1. The lowest BCUT2D eigenvalue weighted by Gasteiger charge is -2.40. The van der Waals surface area contributed by atoms with E-state index in [4.69, 9.17) is 0 Å². The second-order valence-electron chi connectivity index (χ2n) is 8.65. The minimum Gasteiger partial charge on any atom is -0.354 e. The molecule has 142 valence electrons. The summed E-state index contributed by atoms with van der Waals surface area (Å²) >= 11 is 0. The molecule has 1 aliphatic heterocycles. The molecule has 5 heteroatoms. The highest BCUT2D eigenvalue weighted by Crippen LogP contribution is 2.33. The first-order valence-corrected chi connectivity index (χ1v) is 10.3. The Hall–Kier alpha value is -1.10. The van der Waals surface area contributed by atoms with Crippen LogP contribution in [0.1, 0.15) is 64.2 Å². The zero-order chi connectivity index (χ0) is 17.9. The fourth-order valence-corrected chi connectivity index (χ4v) is 4.54. The van der Waals surface area contributed by atoms with Gasteiger partial charge < -0.3 is 15.1 Å². The van der Waals surface area contributed by atoms with Gasteiger partial charge in [-0.1, -0.05) is 25.7 Å². The van der Waals surface area contributed by atoms with E-state index in [2.05, 4.69) is 24.3 Å². The Labute approximate surface area is 152 Å². The number of hydrogen-bond acceptors (Lipinski definition) is 3. The summed E-state index contributed by atoms with van der Waals surface area (Å²) in [5, 5.41) is 3.26. The second kappa shape index (κ2) is 8.07. The van der Waals surface area contributed by atoms with Gasteiger partial charge in [0.15, 0.2) is 0 Å². The molecule has 0 bridgehead atoms. The summed E-state index contributed by atoms with van der Waals surface area (Å²) < 4.78 is 0. The van der Waals surface area contributed by atoms with E-state index in [1.165, 1.54) is 25.7 Å². The third-order valence-corrected chi connectivity index (χ3v) is 6.61. The summed E-state index contributed by atoms with van der Waals surface area (Å²) in [5.41, 5.74) is 0.102. The molecule has 0 spiro atoms. The number of nitrogens with one attached hydrogen (secondary N) is 1. The summed E-state index contributed by atoms with van der Waals surface area (Å²) in [7, 11) is 4.29. The molecule has 0 aromatic carbocycles. The van der Waals surface area contributed by atoms with Gasteiger partial charge in [-0.15, -0.1) is 0 Å². The Kier molecular flexibility index (Phi) is 6.03. The van der Waals surface area contributed by atoms with Crippen molar-refractivity contribution in [3.05, 3.63) is 0 Å². The molecule has 1 unspecified atom stereocenters. The van der Waals surface area contributed by atoms with E-state index in [-0.39, 0.29) is 29.2 Å². The van der Waals surface area contributed by atoms with Gasteiger partial charge in [0, 0.05) is 31.1 Å². The molecule has 2 saturated carbocycles. The molecule has 2 aliphatic carbocycles. The average Bonchev–Trinajstić information content (AvgIpc) is 3.46.